The first kappa shape index (κ1) is 12.4. The Morgan fingerprint density at radius 1 is 1.53 bits per heavy atom. The molecule has 15 heavy (non-hydrogen) atoms. The van der Waals surface area contributed by atoms with Crippen molar-refractivity contribution in [3.8, 4) is 0 Å². The first-order valence-corrected chi connectivity index (χ1v) is 5.64. The molecular weight excluding hydrogens is 257 g/mol. The highest BCUT2D eigenvalue weighted by molar-refractivity contribution is 9.10. The maximum Gasteiger partial charge on any atom is 0.124 e. The molecule has 0 radical (unpaired) electrons. The molecule has 0 saturated heterocycles. The van der Waals surface area contributed by atoms with E-state index in [2.05, 4.69) is 22.5 Å². The summed E-state index contributed by atoms with van der Waals surface area (Å²) in [5.41, 5.74) is 7.87. The monoisotopic (exact) mass is 271 g/mol. The zero-order valence-electron chi connectivity index (χ0n) is 8.76. The van der Waals surface area contributed by atoms with Gasteiger partial charge in [-0.2, -0.15) is 0 Å². The van der Waals surface area contributed by atoms with Crippen LogP contribution in [0.15, 0.2) is 34.8 Å². The Bertz CT molecular complexity index is 342. The zero-order valence-corrected chi connectivity index (χ0v) is 10.3. The average Bonchev–Trinajstić information content (AvgIpc) is 2.12. The fourth-order valence-corrected chi connectivity index (χ4v) is 1.84. The van der Waals surface area contributed by atoms with Gasteiger partial charge in [0.1, 0.15) is 5.82 Å². The highest BCUT2D eigenvalue weighted by Gasteiger charge is 2.08. The highest BCUT2D eigenvalue weighted by Crippen LogP contribution is 2.22. The van der Waals surface area contributed by atoms with E-state index < -0.39 is 0 Å². The Morgan fingerprint density at radius 3 is 2.73 bits per heavy atom. The number of allylic oxidation sites excluding steroid dienone is 1. The molecule has 0 heterocycles. The summed E-state index contributed by atoms with van der Waals surface area (Å²) in [7, 11) is 0. The van der Waals surface area contributed by atoms with E-state index in [9.17, 15) is 4.39 Å². The van der Waals surface area contributed by atoms with Crippen LogP contribution in [0.1, 0.15) is 31.4 Å². The van der Waals surface area contributed by atoms with Crippen molar-refractivity contribution in [2.24, 2.45) is 5.73 Å². The summed E-state index contributed by atoms with van der Waals surface area (Å²) in [5.74, 6) is -0.259. The number of benzene rings is 1. The van der Waals surface area contributed by atoms with Crippen molar-refractivity contribution in [3.63, 3.8) is 0 Å². The molecule has 1 aromatic rings. The molecule has 1 aromatic carbocycles. The van der Waals surface area contributed by atoms with Crippen LogP contribution in [0.3, 0.4) is 0 Å². The van der Waals surface area contributed by atoms with Crippen molar-refractivity contribution < 1.29 is 4.39 Å². The van der Waals surface area contributed by atoms with Gasteiger partial charge < -0.3 is 5.73 Å². The van der Waals surface area contributed by atoms with Gasteiger partial charge in [0.05, 0.1) is 0 Å². The molecule has 0 saturated carbocycles. The van der Waals surface area contributed by atoms with Gasteiger partial charge in [-0.3, -0.25) is 0 Å². The molecule has 0 spiro atoms. The average molecular weight is 272 g/mol. The minimum atomic E-state index is -0.259. The largest absolute Gasteiger partial charge is 0.324 e. The second-order valence-electron chi connectivity index (χ2n) is 3.81. The molecule has 0 amide bonds. The minimum Gasteiger partial charge on any atom is -0.324 e. The van der Waals surface area contributed by atoms with Crippen molar-refractivity contribution in [1.82, 2.24) is 0 Å². The number of halogens is 2. The van der Waals surface area contributed by atoms with E-state index >= 15 is 0 Å². The maximum absolute atomic E-state index is 13.1. The summed E-state index contributed by atoms with van der Waals surface area (Å²) in [6.45, 7) is 5.78. The molecule has 1 nitrogen and oxygen atoms in total. The van der Waals surface area contributed by atoms with E-state index in [1.165, 1.54) is 12.1 Å². The van der Waals surface area contributed by atoms with E-state index in [4.69, 9.17) is 5.73 Å². The van der Waals surface area contributed by atoms with Crippen molar-refractivity contribution in [1.29, 1.82) is 0 Å². The fourth-order valence-electron chi connectivity index (χ4n) is 1.36. The molecule has 0 bridgehead atoms. The molecule has 1 rings (SSSR count). The number of hydrogen-bond donors (Lipinski definition) is 1. The van der Waals surface area contributed by atoms with Gasteiger partial charge in [0.25, 0.3) is 0 Å². The summed E-state index contributed by atoms with van der Waals surface area (Å²) in [6, 6.07) is 4.63. The van der Waals surface area contributed by atoms with Gasteiger partial charge in [-0.25, -0.2) is 4.39 Å². The number of hydrogen-bond acceptors (Lipinski definition) is 1. The molecule has 82 valence electrons. The van der Waals surface area contributed by atoms with Crippen LogP contribution < -0.4 is 5.73 Å². The molecular formula is C12H15BrFN. The summed E-state index contributed by atoms with van der Waals surface area (Å²) >= 11 is 3.25. The van der Waals surface area contributed by atoms with Gasteiger partial charge in [0.15, 0.2) is 0 Å². The van der Waals surface area contributed by atoms with Crippen molar-refractivity contribution in [2.45, 2.75) is 25.8 Å². The van der Waals surface area contributed by atoms with Crippen LogP contribution in [0.5, 0.6) is 0 Å². The van der Waals surface area contributed by atoms with Crippen molar-refractivity contribution in [3.05, 3.63) is 46.2 Å². The Labute approximate surface area is 98.3 Å². The van der Waals surface area contributed by atoms with Gasteiger partial charge in [0, 0.05) is 10.5 Å². The normalized spacial score (nSPS) is 12.5. The molecule has 0 fully saturated rings. The van der Waals surface area contributed by atoms with E-state index in [1.807, 2.05) is 13.0 Å². The summed E-state index contributed by atoms with van der Waals surface area (Å²) in [5, 5.41) is 0. The summed E-state index contributed by atoms with van der Waals surface area (Å²) in [4.78, 5) is 0. The molecule has 3 heteroatoms. The molecule has 2 N–H and O–H groups in total. The third kappa shape index (κ3) is 4.14. The Balaban J connectivity index is 2.72. The standard InChI is InChI=1S/C12H15BrFN/c1-8(2)3-4-12(15)9-5-10(13)7-11(14)6-9/h5-7,12H,1,3-4,15H2,2H3. The third-order valence-electron chi connectivity index (χ3n) is 2.20. The Morgan fingerprint density at radius 2 is 2.20 bits per heavy atom. The number of nitrogens with two attached hydrogens (primary N) is 1. The van der Waals surface area contributed by atoms with Crippen molar-refractivity contribution >= 4 is 15.9 Å². The first-order chi connectivity index (χ1) is 6.99. The lowest BCUT2D eigenvalue weighted by Crippen LogP contribution is -2.10. The smallest absolute Gasteiger partial charge is 0.124 e. The van der Waals surface area contributed by atoms with Gasteiger partial charge in [-0.15, -0.1) is 6.58 Å². The topological polar surface area (TPSA) is 26.0 Å². The lowest BCUT2D eigenvalue weighted by Gasteiger charge is -2.12. The van der Waals surface area contributed by atoms with Gasteiger partial charge in [0.2, 0.25) is 0 Å². The van der Waals surface area contributed by atoms with E-state index in [0.717, 1.165) is 28.5 Å². The SMILES string of the molecule is C=C(C)CCC(N)c1cc(F)cc(Br)c1. The zero-order chi connectivity index (χ0) is 11.4. The van der Waals surface area contributed by atoms with Crippen LogP contribution in [0, 0.1) is 5.82 Å². The van der Waals surface area contributed by atoms with Gasteiger partial charge in [-0.1, -0.05) is 21.5 Å². The van der Waals surface area contributed by atoms with E-state index in [0.29, 0.717) is 0 Å². The van der Waals surface area contributed by atoms with E-state index in [-0.39, 0.29) is 11.9 Å². The predicted molar refractivity (Wildman–Crippen MR) is 65.1 cm³/mol. The van der Waals surface area contributed by atoms with Crippen LogP contribution in [0.2, 0.25) is 0 Å². The second kappa shape index (κ2) is 5.42. The summed E-state index contributed by atoms with van der Waals surface area (Å²) < 4.78 is 13.8. The van der Waals surface area contributed by atoms with Crippen LogP contribution in [0.4, 0.5) is 4.39 Å². The molecule has 0 aliphatic carbocycles. The van der Waals surface area contributed by atoms with Crippen LogP contribution in [0.25, 0.3) is 0 Å². The molecule has 1 unspecified atom stereocenters. The lowest BCUT2D eigenvalue weighted by atomic mass is 10.0. The second-order valence-corrected chi connectivity index (χ2v) is 4.72. The van der Waals surface area contributed by atoms with Gasteiger partial charge in [-0.05, 0) is 43.5 Å². The van der Waals surface area contributed by atoms with Gasteiger partial charge >= 0.3 is 0 Å². The van der Waals surface area contributed by atoms with Crippen LogP contribution in [-0.2, 0) is 0 Å². The minimum absolute atomic E-state index is 0.131. The maximum atomic E-state index is 13.1. The van der Waals surface area contributed by atoms with E-state index in [1.54, 1.807) is 0 Å². The third-order valence-corrected chi connectivity index (χ3v) is 2.65. The van der Waals surface area contributed by atoms with Crippen LogP contribution in [-0.4, -0.2) is 0 Å². The molecule has 0 aliphatic heterocycles. The lowest BCUT2D eigenvalue weighted by molar-refractivity contribution is 0.607. The Kier molecular flexibility index (Phi) is 4.48. The fraction of sp³-hybridized carbons (Fsp3) is 0.333. The Hall–Kier alpha value is -0.670. The van der Waals surface area contributed by atoms with Crippen LogP contribution >= 0.6 is 15.9 Å². The predicted octanol–water partition coefficient (Wildman–Crippen LogP) is 3.94. The number of rotatable bonds is 4. The molecule has 1 atom stereocenters. The summed E-state index contributed by atoms with van der Waals surface area (Å²) in [6.07, 6.45) is 1.67. The molecule has 0 aromatic heterocycles. The highest BCUT2D eigenvalue weighted by atomic mass is 79.9. The first-order valence-electron chi connectivity index (χ1n) is 4.85. The quantitative estimate of drug-likeness (QED) is 0.825. The molecule has 0 aliphatic rings. The van der Waals surface area contributed by atoms with Crippen molar-refractivity contribution in [2.75, 3.05) is 0 Å².